The molecule has 216 valence electrons. The zero-order chi connectivity index (χ0) is 29.7. The lowest BCUT2D eigenvalue weighted by atomic mass is 9.95. The van der Waals surface area contributed by atoms with Crippen LogP contribution in [0, 0.1) is 17.8 Å². The number of benzene rings is 1. The summed E-state index contributed by atoms with van der Waals surface area (Å²) in [6.45, 7) is 4.90. The Morgan fingerprint density at radius 1 is 1.23 bits per heavy atom. The third kappa shape index (κ3) is 7.62. The lowest BCUT2D eigenvalue weighted by molar-refractivity contribution is -0.149. The molecular formula is C26H32N3O9PS. The second kappa shape index (κ2) is 12.8. The molecule has 1 aliphatic heterocycles. The van der Waals surface area contributed by atoms with Gasteiger partial charge in [0.1, 0.15) is 18.1 Å². The average Bonchev–Trinajstić information content (AvgIpc) is 3.12. The predicted molar refractivity (Wildman–Crippen MR) is 149 cm³/mol. The van der Waals surface area contributed by atoms with Crippen LogP contribution >= 0.6 is 6.64 Å². The topological polar surface area (TPSA) is 161 Å². The van der Waals surface area contributed by atoms with E-state index in [2.05, 4.69) is 21.9 Å². The van der Waals surface area contributed by atoms with Crippen LogP contribution in [0.2, 0.25) is 0 Å². The molecule has 0 amide bonds. The van der Waals surface area contributed by atoms with Crippen molar-refractivity contribution in [1.29, 1.82) is 0 Å². The van der Waals surface area contributed by atoms with Crippen LogP contribution in [-0.4, -0.2) is 49.6 Å². The second-order valence-electron chi connectivity index (χ2n) is 9.50. The Bertz CT molecular complexity index is 1460. The molecule has 1 saturated heterocycles. The Hall–Kier alpha value is -3.40. The summed E-state index contributed by atoms with van der Waals surface area (Å²) in [6.07, 6.45) is -1.68. The molecule has 40 heavy (non-hydrogen) atoms. The molecule has 14 heteroatoms. The van der Waals surface area contributed by atoms with Crippen molar-refractivity contribution in [2.45, 2.75) is 64.7 Å². The number of aliphatic hydroxyl groups excluding tert-OH is 1. The van der Waals surface area contributed by atoms with Crippen molar-refractivity contribution < 1.29 is 33.5 Å². The van der Waals surface area contributed by atoms with Crippen molar-refractivity contribution in [3.8, 4) is 17.6 Å². The molecule has 1 aromatic heterocycles. The summed E-state index contributed by atoms with van der Waals surface area (Å²) in [4.78, 5) is 38.6. The van der Waals surface area contributed by atoms with E-state index in [1.165, 1.54) is 6.92 Å². The van der Waals surface area contributed by atoms with Crippen molar-refractivity contribution in [2.24, 2.45) is 5.92 Å². The van der Waals surface area contributed by atoms with Gasteiger partial charge in [-0.1, -0.05) is 43.9 Å². The molecule has 0 spiro atoms. The predicted octanol–water partition coefficient (Wildman–Crippen LogP) is 1.91. The maximum absolute atomic E-state index is 12.5. The molecule has 0 radical (unpaired) electrons. The Balaban J connectivity index is 1.99. The monoisotopic (exact) mass is 593 g/mol. The molecule has 1 aliphatic rings. The highest BCUT2D eigenvalue weighted by Crippen LogP contribution is 2.47. The first-order chi connectivity index (χ1) is 18.7. The van der Waals surface area contributed by atoms with Gasteiger partial charge in [0.15, 0.2) is 11.9 Å². The third-order valence-electron chi connectivity index (χ3n) is 5.31. The minimum atomic E-state index is -3.57. The van der Waals surface area contributed by atoms with Crippen LogP contribution < -0.4 is 20.9 Å². The summed E-state index contributed by atoms with van der Waals surface area (Å²) >= 11 is 5.65. The normalized spacial score (nSPS) is 23.6. The van der Waals surface area contributed by atoms with Crippen molar-refractivity contribution in [3.63, 3.8) is 0 Å². The molecule has 1 fully saturated rings. The number of carbonyl (C=O) groups excluding carboxylic acids is 1. The molecule has 3 rings (SSSR count). The molecule has 12 nitrogen and oxygen atoms in total. The average molecular weight is 594 g/mol. The Kier molecular flexibility index (Phi) is 10.00. The minimum absolute atomic E-state index is 0.199. The number of hydrogen-bond donors (Lipinski definition) is 4. The van der Waals surface area contributed by atoms with E-state index in [1.54, 1.807) is 58.0 Å². The molecule has 2 aromatic rings. The van der Waals surface area contributed by atoms with Gasteiger partial charge in [-0.05, 0) is 32.9 Å². The molecule has 0 aliphatic carbocycles. The number of ether oxygens (including phenoxy) is 2. The van der Waals surface area contributed by atoms with Gasteiger partial charge in [0, 0.05) is 30.0 Å². The lowest BCUT2D eigenvalue weighted by Crippen LogP contribution is -2.46. The fraction of sp³-hybridized carbons (Fsp3) is 0.423. The molecule has 4 N–H and O–H groups in total. The smallest absolute Gasteiger partial charge is 0.365 e. The van der Waals surface area contributed by atoms with Gasteiger partial charge in [-0.3, -0.25) is 19.1 Å². The van der Waals surface area contributed by atoms with Crippen molar-refractivity contribution in [1.82, 2.24) is 14.6 Å². The molecule has 2 unspecified atom stereocenters. The van der Waals surface area contributed by atoms with Crippen LogP contribution in [0.5, 0.6) is 5.75 Å². The molecule has 5 atom stereocenters. The van der Waals surface area contributed by atoms with E-state index in [0.717, 1.165) is 23.1 Å². The minimum Gasteiger partial charge on any atom is -0.464 e. The van der Waals surface area contributed by atoms with Crippen LogP contribution in [0.3, 0.4) is 0 Å². The Labute approximate surface area is 236 Å². The summed E-state index contributed by atoms with van der Waals surface area (Å²) in [5.41, 5.74) is -3.87. The van der Waals surface area contributed by atoms with Gasteiger partial charge in [-0.25, -0.2) is 9.88 Å². The summed E-state index contributed by atoms with van der Waals surface area (Å²) in [7, 11) is 0. The van der Waals surface area contributed by atoms with Gasteiger partial charge in [0.2, 0.25) is 11.8 Å². The van der Waals surface area contributed by atoms with E-state index in [-0.39, 0.29) is 17.8 Å². The zero-order valence-corrected chi connectivity index (χ0v) is 24.3. The van der Waals surface area contributed by atoms with Crippen LogP contribution in [0.4, 0.5) is 0 Å². The fourth-order valence-corrected chi connectivity index (χ4v) is 5.68. The number of nitrogens with one attached hydrogen (secondary N) is 2. The SMILES string of the molecule is CC(C)C#C[C@@]1(O)[C@H](O)/C(=C\OP(=S)(NC(C)C(=O)OC(C)C)Oc2ccccc2)O[C@H]1n1ccc(=O)[nH]c1=O. The number of aromatic amines is 1. The van der Waals surface area contributed by atoms with Gasteiger partial charge in [0.25, 0.3) is 5.56 Å². The highest BCUT2D eigenvalue weighted by Gasteiger charge is 2.55. The molecule has 2 heterocycles. The zero-order valence-electron chi connectivity index (χ0n) is 22.6. The highest BCUT2D eigenvalue weighted by molar-refractivity contribution is 8.09. The van der Waals surface area contributed by atoms with E-state index in [9.17, 15) is 24.6 Å². The summed E-state index contributed by atoms with van der Waals surface area (Å²) in [6, 6.07) is 8.59. The highest BCUT2D eigenvalue weighted by atomic mass is 32.5. The number of nitrogens with zero attached hydrogens (tertiary/aromatic N) is 1. The first-order valence-corrected chi connectivity index (χ1v) is 15.0. The van der Waals surface area contributed by atoms with Crippen molar-refractivity contribution in [3.05, 3.63) is 75.5 Å². The van der Waals surface area contributed by atoms with E-state index < -0.39 is 47.8 Å². The quantitative estimate of drug-likeness (QED) is 0.145. The first kappa shape index (κ1) is 31.1. The number of aromatic nitrogens is 2. The van der Waals surface area contributed by atoms with Crippen LogP contribution in [0.1, 0.15) is 40.8 Å². The van der Waals surface area contributed by atoms with Gasteiger partial charge >= 0.3 is 18.3 Å². The second-order valence-corrected chi connectivity index (χ2v) is 12.6. The van der Waals surface area contributed by atoms with Crippen molar-refractivity contribution in [2.75, 3.05) is 0 Å². The summed E-state index contributed by atoms with van der Waals surface area (Å²) in [5, 5.41) is 25.4. The largest absolute Gasteiger partial charge is 0.464 e. The number of esters is 1. The van der Waals surface area contributed by atoms with E-state index in [0.29, 0.717) is 5.75 Å². The maximum atomic E-state index is 12.5. The maximum Gasteiger partial charge on any atom is 0.365 e. The number of para-hydroxylation sites is 1. The molecule has 1 aromatic carbocycles. The number of carbonyl (C=O) groups is 1. The Morgan fingerprint density at radius 2 is 1.90 bits per heavy atom. The summed E-state index contributed by atoms with van der Waals surface area (Å²) in [5.74, 6) is 4.58. The first-order valence-electron chi connectivity index (χ1n) is 12.4. The van der Waals surface area contributed by atoms with Gasteiger partial charge < -0.3 is 28.7 Å². The molecule has 0 saturated carbocycles. The fourth-order valence-electron chi connectivity index (χ4n) is 3.44. The van der Waals surface area contributed by atoms with Gasteiger partial charge in [-0.15, -0.1) is 0 Å². The van der Waals surface area contributed by atoms with Crippen LogP contribution in [-0.2, 0) is 30.6 Å². The summed E-state index contributed by atoms with van der Waals surface area (Å²) < 4.78 is 23.6. The van der Waals surface area contributed by atoms with E-state index in [1.807, 2.05) is 0 Å². The van der Waals surface area contributed by atoms with E-state index >= 15 is 0 Å². The number of rotatable bonds is 9. The molecular weight excluding hydrogens is 561 g/mol. The number of hydrogen-bond acceptors (Lipinski definition) is 10. The Morgan fingerprint density at radius 3 is 2.50 bits per heavy atom. The molecule has 0 bridgehead atoms. The van der Waals surface area contributed by atoms with Crippen LogP contribution in [0.15, 0.2) is 64.2 Å². The van der Waals surface area contributed by atoms with Gasteiger partial charge in [-0.2, -0.15) is 0 Å². The lowest BCUT2D eigenvalue weighted by Gasteiger charge is -2.26. The van der Waals surface area contributed by atoms with E-state index in [4.69, 9.17) is 30.3 Å². The van der Waals surface area contributed by atoms with Crippen LogP contribution in [0.25, 0.3) is 0 Å². The van der Waals surface area contributed by atoms with Gasteiger partial charge in [0.05, 0.1) is 6.10 Å². The standard InChI is InChI=1S/C26H32N3O9PS/c1-16(2)11-13-26(34)22(31)20(37-24(26)29-14-12-21(30)27-25(29)33)15-35-39(40,38-19-9-7-6-8-10-19)28-18(5)23(32)36-17(3)4/h6-10,12,14-18,22,24,31,34H,1-5H3,(H,28,40)(H,27,30,33)/b20-15+/t18?,22-,24-,26-,39?/m1/s1. The number of H-pyrrole nitrogens is 1. The number of aliphatic hydroxyl groups is 2. The third-order valence-corrected chi connectivity index (χ3v) is 7.64. The van der Waals surface area contributed by atoms with Crippen molar-refractivity contribution >= 4 is 24.4 Å².